The lowest BCUT2D eigenvalue weighted by Crippen LogP contribution is -2.48. The monoisotopic (exact) mass is 255 g/mol. The third-order valence-corrected chi connectivity index (χ3v) is 4.00. The molecule has 2 aliphatic heterocycles. The third-order valence-electron chi connectivity index (χ3n) is 4.00. The summed E-state index contributed by atoms with van der Waals surface area (Å²) in [5.74, 6) is -0.754. The SMILES string of the molecule is CC1(C(=O)N2CCCC2CC(=O)O)CCCOC1. The second-order valence-electron chi connectivity index (χ2n) is 5.61. The minimum Gasteiger partial charge on any atom is -0.481 e. The lowest BCUT2D eigenvalue weighted by Gasteiger charge is -2.37. The Morgan fingerprint density at radius 3 is 2.83 bits per heavy atom. The van der Waals surface area contributed by atoms with Crippen molar-refractivity contribution < 1.29 is 19.4 Å². The number of carboxylic acid groups (broad SMARTS) is 1. The molecule has 2 heterocycles. The fourth-order valence-electron chi connectivity index (χ4n) is 2.97. The zero-order valence-corrected chi connectivity index (χ0v) is 10.9. The van der Waals surface area contributed by atoms with Crippen LogP contribution in [0.5, 0.6) is 0 Å². The summed E-state index contributed by atoms with van der Waals surface area (Å²) in [6.07, 6.45) is 3.50. The van der Waals surface area contributed by atoms with E-state index in [1.807, 2.05) is 6.92 Å². The number of hydrogen-bond donors (Lipinski definition) is 1. The first kappa shape index (κ1) is 13.3. The summed E-state index contributed by atoms with van der Waals surface area (Å²) in [4.78, 5) is 25.2. The van der Waals surface area contributed by atoms with Crippen LogP contribution >= 0.6 is 0 Å². The van der Waals surface area contributed by atoms with Gasteiger partial charge in [-0.15, -0.1) is 0 Å². The second-order valence-corrected chi connectivity index (χ2v) is 5.61. The van der Waals surface area contributed by atoms with Gasteiger partial charge in [0.25, 0.3) is 0 Å². The molecule has 2 unspecified atom stereocenters. The lowest BCUT2D eigenvalue weighted by atomic mass is 9.83. The highest BCUT2D eigenvalue weighted by Gasteiger charge is 2.42. The largest absolute Gasteiger partial charge is 0.481 e. The zero-order valence-electron chi connectivity index (χ0n) is 10.9. The van der Waals surface area contributed by atoms with Gasteiger partial charge in [-0.25, -0.2) is 0 Å². The molecule has 0 aromatic rings. The standard InChI is InChI=1S/C13H21NO4/c1-13(5-3-7-18-9-13)12(17)14-6-2-4-10(14)8-11(15)16/h10H,2-9H2,1H3,(H,15,16). The van der Waals surface area contributed by atoms with Gasteiger partial charge in [0.05, 0.1) is 18.4 Å². The van der Waals surface area contributed by atoms with Crippen molar-refractivity contribution in [2.75, 3.05) is 19.8 Å². The van der Waals surface area contributed by atoms with Crippen LogP contribution in [0.3, 0.4) is 0 Å². The molecule has 2 rings (SSSR count). The van der Waals surface area contributed by atoms with Gasteiger partial charge in [0.15, 0.2) is 0 Å². The first-order valence-electron chi connectivity index (χ1n) is 6.63. The van der Waals surface area contributed by atoms with E-state index in [0.717, 1.165) is 32.3 Å². The highest BCUT2D eigenvalue weighted by molar-refractivity contribution is 5.83. The van der Waals surface area contributed by atoms with Crippen molar-refractivity contribution in [1.82, 2.24) is 4.90 Å². The molecule has 0 aromatic carbocycles. The maximum atomic E-state index is 12.6. The van der Waals surface area contributed by atoms with Gasteiger partial charge in [-0.1, -0.05) is 0 Å². The van der Waals surface area contributed by atoms with Gasteiger partial charge in [-0.2, -0.15) is 0 Å². The van der Waals surface area contributed by atoms with Crippen molar-refractivity contribution in [2.45, 2.75) is 45.1 Å². The summed E-state index contributed by atoms with van der Waals surface area (Å²) in [6.45, 7) is 3.81. The summed E-state index contributed by atoms with van der Waals surface area (Å²) < 4.78 is 5.42. The molecule has 5 nitrogen and oxygen atoms in total. The van der Waals surface area contributed by atoms with Gasteiger partial charge < -0.3 is 14.7 Å². The number of likely N-dealkylation sites (tertiary alicyclic amines) is 1. The molecule has 0 radical (unpaired) electrons. The molecule has 2 atom stereocenters. The van der Waals surface area contributed by atoms with Gasteiger partial charge in [0.2, 0.25) is 5.91 Å². The summed E-state index contributed by atoms with van der Waals surface area (Å²) in [5.41, 5.74) is -0.459. The van der Waals surface area contributed by atoms with Gasteiger partial charge in [-0.3, -0.25) is 9.59 Å². The van der Waals surface area contributed by atoms with E-state index in [9.17, 15) is 9.59 Å². The molecule has 1 N–H and O–H groups in total. The highest BCUT2D eigenvalue weighted by Crippen LogP contribution is 2.33. The quantitative estimate of drug-likeness (QED) is 0.824. The lowest BCUT2D eigenvalue weighted by molar-refractivity contribution is -0.150. The molecule has 0 aromatic heterocycles. The van der Waals surface area contributed by atoms with Gasteiger partial charge >= 0.3 is 5.97 Å². The Bertz CT molecular complexity index is 336. The fourth-order valence-corrected chi connectivity index (χ4v) is 2.97. The van der Waals surface area contributed by atoms with Crippen molar-refractivity contribution in [1.29, 1.82) is 0 Å². The average Bonchev–Trinajstić information content (AvgIpc) is 2.76. The van der Waals surface area contributed by atoms with Crippen LogP contribution in [0.25, 0.3) is 0 Å². The molecule has 5 heteroatoms. The van der Waals surface area contributed by atoms with Gasteiger partial charge in [0.1, 0.15) is 0 Å². The zero-order chi connectivity index (χ0) is 13.2. The molecule has 0 saturated carbocycles. The number of carboxylic acids is 1. The van der Waals surface area contributed by atoms with E-state index >= 15 is 0 Å². The van der Waals surface area contributed by atoms with Crippen LogP contribution in [0.15, 0.2) is 0 Å². The number of nitrogens with zero attached hydrogens (tertiary/aromatic N) is 1. The van der Waals surface area contributed by atoms with Crippen molar-refractivity contribution in [3.63, 3.8) is 0 Å². The maximum absolute atomic E-state index is 12.6. The van der Waals surface area contributed by atoms with Gasteiger partial charge in [-0.05, 0) is 32.6 Å². The molecule has 1 amide bonds. The van der Waals surface area contributed by atoms with Crippen LogP contribution in [0.1, 0.15) is 39.0 Å². The first-order valence-corrected chi connectivity index (χ1v) is 6.63. The number of amides is 1. The molecule has 0 aliphatic carbocycles. The fraction of sp³-hybridized carbons (Fsp3) is 0.846. The van der Waals surface area contributed by atoms with Crippen molar-refractivity contribution in [2.24, 2.45) is 5.41 Å². The van der Waals surface area contributed by atoms with Crippen LogP contribution in [0.4, 0.5) is 0 Å². The van der Waals surface area contributed by atoms with Crippen LogP contribution < -0.4 is 0 Å². The summed E-state index contributed by atoms with van der Waals surface area (Å²) in [5, 5.41) is 8.89. The van der Waals surface area contributed by atoms with Crippen LogP contribution in [-0.2, 0) is 14.3 Å². The van der Waals surface area contributed by atoms with E-state index < -0.39 is 11.4 Å². The Morgan fingerprint density at radius 1 is 1.44 bits per heavy atom. The molecule has 0 bridgehead atoms. The predicted molar refractivity (Wildman–Crippen MR) is 65.1 cm³/mol. The second kappa shape index (κ2) is 5.26. The maximum Gasteiger partial charge on any atom is 0.305 e. The Labute approximate surface area is 107 Å². The normalized spacial score (nSPS) is 32.5. The number of hydrogen-bond acceptors (Lipinski definition) is 3. The smallest absolute Gasteiger partial charge is 0.305 e. The Hall–Kier alpha value is -1.10. The molecule has 102 valence electrons. The number of carbonyl (C=O) groups excluding carboxylic acids is 1. The molecule has 2 fully saturated rings. The van der Waals surface area contributed by atoms with E-state index in [4.69, 9.17) is 9.84 Å². The molecule has 2 aliphatic rings. The van der Waals surface area contributed by atoms with E-state index in [1.165, 1.54) is 0 Å². The number of carbonyl (C=O) groups is 2. The topological polar surface area (TPSA) is 66.8 Å². The Kier molecular flexibility index (Phi) is 3.90. The molecular weight excluding hydrogens is 234 g/mol. The minimum absolute atomic E-state index is 0.0582. The summed E-state index contributed by atoms with van der Waals surface area (Å²) >= 11 is 0. The van der Waals surface area contributed by atoms with E-state index in [-0.39, 0.29) is 18.4 Å². The van der Waals surface area contributed by atoms with Crippen LogP contribution in [0.2, 0.25) is 0 Å². The molecule has 0 spiro atoms. The first-order chi connectivity index (χ1) is 8.53. The summed E-state index contributed by atoms with van der Waals surface area (Å²) in [7, 11) is 0. The number of ether oxygens (including phenoxy) is 1. The Balaban J connectivity index is 2.04. The van der Waals surface area contributed by atoms with E-state index in [1.54, 1.807) is 4.90 Å². The molecular formula is C13H21NO4. The van der Waals surface area contributed by atoms with Crippen LogP contribution in [0, 0.1) is 5.41 Å². The van der Waals surface area contributed by atoms with Crippen molar-refractivity contribution in [3.05, 3.63) is 0 Å². The molecule has 2 saturated heterocycles. The van der Waals surface area contributed by atoms with Gasteiger partial charge in [0, 0.05) is 19.2 Å². The van der Waals surface area contributed by atoms with Crippen LogP contribution in [-0.4, -0.2) is 47.7 Å². The predicted octanol–water partition coefficient (Wildman–Crippen LogP) is 1.27. The van der Waals surface area contributed by atoms with Crippen molar-refractivity contribution >= 4 is 11.9 Å². The number of aliphatic carboxylic acids is 1. The molecule has 18 heavy (non-hydrogen) atoms. The summed E-state index contributed by atoms with van der Waals surface area (Å²) in [6, 6.07) is -0.131. The third kappa shape index (κ3) is 2.66. The highest BCUT2D eigenvalue weighted by atomic mass is 16.5. The minimum atomic E-state index is -0.829. The van der Waals surface area contributed by atoms with E-state index in [0.29, 0.717) is 13.2 Å². The number of rotatable bonds is 3. The Morgan fingerprint density at radius 2 is 2.22 bits per heavy atom. The van der Waals surface area contributed by atoms with Crippen molar-refractivity contribution in [3.8, 4) is 0 Å². The average molecular weight is 255 g/mol. The van der Waals surface area contributed by atoms with E-state index in [2.05, 4.69) is 0 Å².